The van der Waals surface area contributed by atoms with Gasteiger partial charge in [-0.2, -0.15) is 0 Å². The van der Waals surface area contributed by atoms with Crippen LogP contribution in [0.4, 0.5) is 0 Å². The molecule has 0 radical (unpaired) electrons. The molecule has 0 aromatic carbocycles. The highest BCUT2D eigenvalue weighted by atomic mass is 28.4. The third-order valence-corrected chi connectivity index (χ3v) is 6.21. The molecule has 0 bridgehead atoms. The van der Waals surface area contributed by atoms with E-state index in [-0.39, 0.29) is 5.67 Å². The quantitative estimate of drug-likeness (QED) is 0.614. The molecule has 1 unspecified atom stereocenters. The monoisotopic (exact) mass is 263 g/mol. The Balaban J connectivity index is 5.01. The van der Waals surface area contributed by atoms with Crippen LogP contribution in [0, 0.1) is 5.92 Å². The highest BCUT2D eigenvalue weighted by Crippen LogP contribution is 2.21. The van der Waals surface area contributed by atoms with Gasteiger partial charge in [0.05, 0.1) is 5.67 Å². The topological polar surface area (TPSA) is 39.7 Å². The van der Waals surface area contributed by atoms with E-state index in [4.69, 9.17) is 13.3 Å². The van der Waals surface area contributed by atoms with E-state index < -0.39 is 8.80 Å². The first kappa shape index (κ1) is 17.1. The van der Waals surface area contributed by atoms with Gasteiger partial charge in [0.2, 0.25) is 0 Å². The SMILES string of the molecule is CCNC(C(C)C)[Si](OCC)(OCC)OCC. The van der Waals surface area contributed by atoms with Gasteiger partial charge in [-0.1, -0.05) is 20.8 Å². The highest BCUT2D eigenvalue weighted by molar-refractivity contribution is 6.62. The minimum absolute atomic E-state index is 0.160. The number of nitrogens with one attached hydrogen (secondary N) is 1. The largest absolute Gasteiger partial charge is 0.519 e. The smallest absolute Gasteiger partial charge is 0.373 e. The van der Waals surface area contributed by atoms with E-state index in [9.17, 15) is 0 Å². The van der Waals surface area contributed by atoms with Gasteiger partial charge in [0, 0.05) is 19.8 Å². The standard InChI is InChI=1S/C12H29NO3Si/c1-7-13-12(11(5)6)17(14-8-2,15-9-3)16-10-4/h11-13H,7-10H2,1-6H3. The summed E-state index contributed by atoms with van der Waals surface area (Å²) in [5.74, 6) is 0.422. The summed E-state index contributed by atoms with van der Waals surface area (Å²) < 4.78 is 17.8. The predicted molar refractivity (Wildman–Crippen MR) is 72.9 cm³/mol. The fraction of sp³-hybridized carbons (Fsp3) is 1.00. The lowest BCUT2D eigenvalue weighted by molar-refractivity contribution is 0.0523. The molecule has 0 rings (SSSR count). The van der Waals surface area contributed by atoms with Crippen LogP contribution in [0.1, 0.15) is 41.5 Å². The van der Waals surface area contributed by atoms with Crippen molar-refractivity contribution in [1.29, 1.82) is 0 Å². The first-order valence-electron chi connectivity index (χ1n) is 6.73. The predicted octanol–water partition coefficient (Wildman–Crippen LogP) is 2.21. The first-order chi connectivity index (χ1) is 8.07. The lowest BCUT2D eigenvalue weighted by atomic mass is 10.2. The zero-order valence-corrected chi connectivity index (χ0v) is 13.2. The van der Waals surface area contributed by atoms with Crippen molar-refractivity contribution in [3.8, 4) is 0 Å². The summed E-state index contributed by atoms with van der Waals surface area (Å²) in [6, 6.07) is 0. The van der Waals surface area contributed by atoms with Gasteiger partial charge in [0.1, 0.15) is 0 Å². The van der Waals surface area contributed by atoms with Crippen molar-refractivity contribution in [1.82, 2.24) is 5.32 Å². The van der Waals surface area contributed by atoms with Gasteiger partial charge in [-0.05, 0) is 33.2 Å². The van der Waals surface area contributed by atoms with E-state index >= 15 is 0 Å². The maximum Gasteiger partial charge on any atom is 0.519 e. The molecular formula is C12H29NO3Si. The maximum atomic E-state index is 5.92. The molecule has 0 heterocycles. The summed E-state index contributed by atoms with van der Waals surface area (Å²) in [4.78, 5) is 0. The Bertz CT molecular complexity index is 174. The summed E-state index contributed by atoms with van der Waals surface area (Å²) >= 11 is 0. The second kappa shape index (κ2) is 9.05. The lowest BCUT2D eigenvalue weighted by Crippen LogP contribution is -2.64. The third-order valence-electron chi connectivity index (χ3n) is 2.51. The van der Waals surface area contributed by atoms with Crippen molar-refractivity contribution < 1.29 is 13.3 Å². The van der Waals surface area contributed by atoms with Crippen LogP contribution < -0.4 is 5.32 Å². The average Bonchev–Trinajstić information content (AvgIpc) is 2.26. The van der Waals surface area contributed by atoms with Gasteiger partial charge in [-0.3, -0.25) is 0 Å². The summed E-state index contributed by atoms with van der Waals surface area (Å²) in [7, 11) is -2.62. The van der Waals surface area contributed by atoms with Crippen molar-refractivity contribution in [2.75, 3.05) is 26.4 Å². The molecule has 0 aromatic rings. The molecular weight excluding hydrogens is 234 g/mol. The average molecular weight is 263 g/mol. The van der Waals surface area contributed by atoms with Crippen LogP contribution in [0.25, 0.3) is 0 Å². The maximum absolute atomic E-state index is 5.92. The van der Waals surface area contributed by atoms with Crippen LogP contribution in [0.15, 0.2) is 0 Å². The minimum Gasteiger partial charge on any atom is -0.373 e. The first-order valence-corrected chi connectivity index (χ1v) is 8.53. The Morgan fingerprint density at radius 3 is 1.53 bits per heavy atom. The molecule has 1 N–H and O–H groups in total. The van der Waals surface area contributed by atoms with Gasteiger partial charge in [-0.25, -0.2) is 0 Å². The van der Waals surface area contributed by atoms with Gasteiger partial charge >= 0.3 is 8.80 Å². The van der Waals surface area contributed by atoms with E-state index in [0.29, 0.717) is 25.7 Å². The second-order valence-corrected chi connectivity index (χ2v) is 6.88. The fourth-order valence-electron chi connectivity index (χ4n) is 1.99. The van der Waals surface area contributed by atoms with Crippen molar-refractivity contribution in [2.24, 2.45) is 5.92 Å². The summed E-state index contributed by atoms with van der Waals surface area (Å²) in [6.07, 6.45) is 0. The van der Waals surface area contributed by atoms with E-state index in [1.165, 1.54) is 0 Å². The Labute approximate surface area is 107 Å². The molecule has 0 aliphatic rings. The second-order valence-electron chi connectivity index (χ2n) is 4.18. The van der Waals surface area contributed by atoms with Crippen LogP contribution in [0.5, 0.6) is 0 Å². The Kier molecular flexibility index (Phi) is 9.08. The normalized spacial score (nSPS) is 14.3. The number of hydrogen-bond acceptors (Lipinski definition) is 4. The molecule has 0 aliphatic carbocycles. The summed E-state index contributed by atoms with van der Waals surface area (Å²) in [5, 5.41) is 3.46. The van der Waals surface area contributed by atoms with Crippen molar-refractivity contribution in [2.45, 2.75) is 47.2 Å². The van der Waals surface area contributed by atoms with Crippen molar-refractivity contribution in [3.63, 3.8) is 0 Å². The van der Waals surface area contributed by atoms with Crippen LogP contribution in [-0.4, -0.2) is 40.8 Å². The molecule has 4 nitrogen and oxygen atoms in total. The Morgan fingerprint density at radius 1 is 0.882 bits per heavy atom. The molecule has 0 spiro atoms. The molecule has 17 heavy (non-hydrogen) atoms. The van der Waals surface area contributed by atoms with E-state index in [1.807, 2.05) is 20.8 Å². The molecule has 0 amide bonds. The minimum atomic E-state index is -2.62. The number of rotatable bonds is 10. The molecule has 0 saturated heterocycles. The Hall–Kier alpha value is 0.0569. The van der Waals surface area contributed by atoms with Gasteiger partial charge in [0.15, 0.2) is 0 Å². The highest BCUT2D eigenvalue weighted by Gasteiger charge is 2.50. The van der Waals surface area contributed by atoms with Crippen LogP contribution >= 0.6 is 0 Å². The lowest BCUT2D eigenvalue weighted by Gasteiger charge is -2.37. The summed E-state index contributed by atoms with van der Waals surface area (Å²) in [6.45, 7) is 15.2. The molecule has 104 valence electrons. The van der Waals surface area contributed by atoms with Crippen molar-refractivity contribution in [3.05, 3.63) is 0 Å². The Morgan fingerprint density at radius 2 is 1.29 bits per heavy atom. The van der Waals surface area contributed by atoms with E-state index in [2.05, 4.69) is 26.1 Å². The number of hydrogen-bond donors (Lipinski definition) is 1. The van der Waals surface area contributed by atoms with Crippen molar-refractivity contribution >= 4 is 8.80 Å². The molecule has 0 aliphatic heterocycles. The summed E-state index contributed by atoms with van der Waals surface area (Å²) in [5.41, 5.74) is 0.160. The molecule has 1 atom stereocenters. The van der Waals surface area contributed by atoms with Crippen LogP contribution in [0.3, 0.4) is 0 Å². The van der Waals surface area contributed by atoms with Gasteiger partial charge in [0.25, 0.3) is 0 Å². The fourth-order valence-corrected chi connectivity index (χ4v) is 5.25. The zero-order chi connectivity index (χ0) is 13.3. The third kappa shape index (κ3) is 5.05. The van der Waals surface area contributed by atoms with Gasteiger partial charge in [-0.15, -0.1) is 0 Å². The van der Waals surface area contributed by atoms with Crippen LogP contribution in [-0.2, 0) is 13.3 Å². The molecule has 0 fully saturated rings. The van der Waals surface area contributed by atoms with Crippen LogP contribution in [0.2, 0.25) is 0 Å². The molecule has 0 aromatic heterocycles. The molecule has 0 saturated carbocycles. The zero-order valence-electron chi connectivity index (χ0n) is 12.2. The van der Waals surface area contributed by atoms with E-state index in [1.54, 1.807) is 0 Å². The van der Waals surface area contributed by atoms with E-state index in [0.717, 1.165) is 6.54 Å². The molecule has 5 heteroatoms. The van der Waals surface area contributed by atoms with Gasteiger partial charge < -0.3 is 18.6 Å².